The average molecular weight is 418 g/mol. The van der Waals surface area contributed by atoms with Gasteiger partial charge in [-0.2, -0.15) is 15.0 Å². The van der Waals surface area contributed by atoms with Crippen LogP contribution in [0.5, 0.6) is 0 Å². The minimum absolute atomic E-state index is 0.0847. The molecule has 1 saturated heterocycles. The number of carbonyl (C=O) groups is 1. The molecule has 1 aromatic heterocycles. The summed E-state index contributed by atoms with van der Waals surface area (Å²) in [6, 6.07) is 0. The van der Waals surface area contributed by atoms with Crippen molar-refractivity contribution in [3.8, 4) is 0 Å². The number of unbranched alkanes of at least 4 members (excludes halogenated alkanes) is 1. The minimum atomic E-state index is -0.265. The van der Waals surface area contributed by atoms with Crippen LogP contribution in [0.15, 0.2) is 0 Å². The zero-order valence-corrected chi connectivity index (χ0v) is 18.2. The Morgan fingerprint density at radius 3 is 2.19 bits per heavy atom. The number of hydrogen-bond acceptors (Lipinski definition) is 7. The van der Waals surface area contributed by atoms with Gasteiger partial charge in [0.2, 0.25) is 16.5 Å². The Morgan fingerprint density at radius 2 is 1.67 bits per heavy atom. The summed E-state index contributed by atoms with van der Waals surface area (Å²) in [4.78, 5) is 28.7. The summed E-state index contributed by atoms with van der Waals surface area (Å²) in [5, 5.41) is 5.18. The maximum Gasteiger partial charge on any atom is 0.322 e. The molecule has 1 fully saturated rings. The number of hydroxylamine groups is 2. The maximum absolute atomic E-state index is 11.5. The highest BCUT2D eigenvalue weighted by atomic mass is 35.5. The first kappa shape index (κ1) is 22.1. The van der Waals surface area contributed by atoms with Gasteiger partial charge >= 0.3 is 5.97 Å². The van der Waals surface area contributed by atoms with E-state index in [1.165, 1.54) is 6.92 Å². The number of anilines is 1. The number of rotatable bonds is 7. The van der Waals surface area contributed by atoms with E-state index in [9.17, 15) is 4.79 Å². The third-order valence-corrected chi connectivity index (χ3v) is 5.14. The monoisotopic (exact) mass is 417 g/mol. The Hall–Kier alpha value is -1.18. The summed E-state index contributed by atoms with van der Waals surface area (Å²) in [5.74, 6) is 0.721. The summed E-state index contributed by atoms with van der Waals surface area (Å²) >= 11 is 11.5. The van der Waals surface area contributed by atoms with Gasteiger partial charge in [0.1, 0.15) is 0 Å². The fourth-order valence-corrected chi connectivity index (χ4v) is 4.58. The smallest absolute Gasteiger partial charge is 0.322 e. The predicted molar refractivity (Wildman–Crippen MR) is 107 cm³/mol. The van der Waals surface area contributed by atoms with Gasteiger partial charge in [-0.15, -0.1) is 5.06 Å². The molecule has 0 amide bonds. The van der Waals surface area contributed by atoms with Gasteiger partial charge in [0.25, 0.3) is 0 Å². The highest BCUT2D eigenvalue weighted by molar-refractivity contribution is 6.31. The van der Waals surface area contributed by atoms with E-state index in [-0.39, 0.29) is 27.6 Å². The van der Waals surface area contributed by atoms with Crippen molar-refractivity contribution in [2.45, 2.75) is 77.8 Å². The van der Waals surface area contributed by atoms with Gasteiger partial charge in [-0.25, -0.2) is 0 Å². The van der Waals surface area contributed by atoms with E-state index < -0.39 is 0 Å². The van der Waals surface area contributed by atoms with E-state index in [2.05, 4.69) is 48.0 Å². The Balaban J connectivity index is 1.80. The number of aromatic nitrogens is 3. The normalized spacial score (nSPS) is 19.7. The number of halogens is 2. The lowest BCUT2D eigenvalue weighted by Gasteiger charge is -2.53. The lowest BCUT2D eigenvalue weighted by molar-refractivity contribution is -0.270. The molecule has 1 N–H and O–H groups in total. The van der Waals surface area contributed by atoms with Crippen LogP contribution in [0.4, 0.5) is 5.95 Å². The third-order valence-electron chi connectivity index (χ3n) is 4.80. The fraction of sp³-hybridized carbons (Fsp3) is 0.778. The maximum atomic E-state index is 11.5. The van der Waals surface area contributed by atoms with Crippen molar-refractivity contribution in [1.29, 1.82) is 0 Å². The lowest BCUT2D eigenvalue weighted by atomic mass is 9.73. The van der Waals surface area contributed by atoms with Crippen LogP contribution in [0.2, 0.25) is 10.6 Å². The molecule has 7 nitrogen and oxygen atoms in total. The Morgan fingerprint density at radius 1 is 1.11 bits per heavy atom. The molecular formula is C18H29Cl2N5O2. The van der Waals surface area contributed by atoms with Crippen LogP contribution in [0.25, 0.3) is 0 Å². The van der Waals surface area contributed by atoms with Crippen molar-refractivity contribution < 1.29 is 9.63 Å². The lowest BCUT2D eigenvalue weighted by Crippen LogP contribution is -2.60. The van der Waals surface area contributed by atoms with Crippen molar-refractivity contribution in [2.24, 2.45) is 5.92 Å². The Labute approximate surface area is 171 Å². The quantitative estimate of drug-likeness (QED) is 0.653. The summed E-state index contributed by atoms with van der Waals surface area (Å²) in [7, 11) is 0. The molecule has 9 heteroatoms. The minimum Gasteiger partial charge on any atom is -0.367 e. The number of nitrogens with zero attached hydrogens (tertiary/aromatic N) is 4. The molecule has 1 aromatic rings. The van der Waals surface area contributed by atoms with Crippen LogP contribution in [0.3, 0.4) is 0 Å². The largest absolute Gasteiger partial charge is 0.367 e. The van der Waals surface area contributed by atoms with Crippen molar-refractivity contribution in [2.75, 3.05) is 11.9 Å². The molecule has 2 heterocycles. The SMILES string of the molecule is CC(=O)ON1C(C)(C)CC(CCCCNc2nc(Cl)nc(Cl)n2)CC1(C)C. The van der Waals surface area contributed by atoms with Crippen LogP contribution >= 0.6 is 23.2 Å². The second kappa shape index (κ2) is 8.88. The first-order valence-electron chi connectivity index (χ1n) is 9.29. The van der Waals surface area contributed by atoms with E-state index in [4.69, 9.17) is 28.0 Å². The van der Waals surface area contributed by atoms with Crippen molar-refractivity contribution in [3.05, 3.63) is 10.6 Å². The molecule has 0 unspecified atom stereocenters. The zero-order chi connectivity index (χ0) is 20.2. The summed E-state index contributed by atoms with van der Waals surface area (Å²) in [6.07, 6.45) is 5.20. The van der Waals surface area contributed by atoms with Gasteiger partial charge in [0.15, 0.2) is 0 Å². The molecule has 0 aromatic carbocycles. The molecule has 0 saturated carbocycles. The highest BCUT2D eigenvalue weighted by Gasteiger charge is 2.47. The number of hydrogen-bond donors (Lipinski definition) is 1. The first-order chi connectivity index (χ1) is 12.5. The van der Waals surface area contributed by atoms with Gasteiger partial charge in [-0.1, -0.05) is 12.8 Å². The van der Waals surface area contributed by atoms with E-state index >= 15 is 0 Å². The molecule has 1 aliphatic rings. The van der Waals surface area contributed by atoms with Crippen LogP contribution in [0, 0.1) is 5.92 Å². The summed E-state index contributed by atoms with van der Waals surface area (Å²) in [6.45, 7) is 10.8. The second-order valence-electron chi connectivity index (χ2n) is 8.40. The fourth-order valence-electron chi connectivity index (χ4n) is 4.21. The predicted octanol–water partition coefficient (Wildman–Crippen LogP) is 4.51. The highest BCUT2D eigenvalue weighted by Crippen LogP contribution is 2.43. The van der Waals surface area contributed by atoms with Crippen LogP contribution in [-0.4, -0.2) is 43.6 Å². The van der Waals surface area contributed by atoms with Crippen molar-refractivity contribution >= 4 is 35.1 Å². The Bertz CT molecular complexity index is 631. The standard InChI is InChI=1S/C18H29Cl2N5O2/c1-12(26)27-25-17(2,3)10-13(11-18(25,4)5)8-6-7-9-21-16-23-14(19)22-15(20)24-16/h13H,6-11H2,1-5H3,(H,21,22,23,24). The molecule has 0 radical (unpaired) electrons. The molecule has 0 atom stereocenters. The van der Waals surface area contributed by atoms with Gasteiger partial charge < -0.3 is 10.2 Å². The summed E-state index contributed by atoms with van der Waals surface area (Å²) in [5.41, 5.74) is -0.372. The molecule has 2 rings (SSSR count). The first-order valence-corrected chi connectivity index (χ1v) is 10.0. The molecule has 152 valence electrons. The number of nitrogens with one attached hydrogen (secondary N) is 1. The van der Waals surface area contributed by atoms with Gasteiger partial charge in [0, 0.05) is 13.5 Å². The van der Waals surface area contributed by atoms with Gasteiger partial charge in [-0.05, 0) is 76.1 Å². The molecule has 27 heavy (non-hydrogen) atoms. The van der Waals surface area contributed by atoms with Crippen LogP contribution in [-0.2, 0) is 9.63 Å². The second-order valence-corrected chi connectivity index (χ2v) is 9.07. The molecular weight excluding hydrogens is 389 g/mol. The van der Waals surface area contributed by atoms with Crippen LogP contribution in [0.1, 0.15) is 66.7 Å². The van der Waals surface area contributed by atoms with E-state index in [1.54, 1.807) is 0 Å². The van der Waals surface area contributed by atoms with E-state index in [0.717, 1.165) is 38.6 Å². The summed E-state index contributed by atoms with van der Waals surface area (Å²) < 4.78 is 0. The van der Waals surface area contributed by atoms with E-state index in [0.29, 0.717) is 11.9 Å². The van der Waals surface area contributed by atoms with Gasteiger partial charge in [0.05, 0.1) is 11.1 Å². The molecule has 0 aliphatic carbocycles. The van der Waals surface area contributed by atoms with Crippen molar-refractivity contribution in [3.63, 3.8) is 0 Å². The third kappa shape index (κ3) is 6.43. The van der Waals surface area contributed by atoms with Crippen LogP contribution < -0.4 is 5.32 Å². The van der Waals surface area contributed by atoms with Crippen molar-refractivity contribution in [1.82, 2.24) is 20.0 Å². The molecule has 1 aliphatic heterocycles. The average Bonchev–Trinajstić information content (AvgIpc) is 2.49. The van der Waals surface area contributed by atoms with E-state index in [1.807, 2.05) is 5.06 Å². The Kier molecular flexibility index (Phi) is 7.27. The number of piperidine rings is 1. The molecule has 0 spiro atoms. The zero-order valence-electron chi connectivity index (χ0n) is 16.7. The van der Waals surface area contributed by atoms with Gasteiger partial charge in [-0.3, -0.25) is 4.79 Å². The topological polar surface area (TPSA) is 80.2 Å². The number of carbonyl (C=O) groups excluding carboxylic acids is 1. The molecule has 0 bridgehead atoms.